The van der Waals surface area contributed by atoms with E-state index in [9.17, 15) is 4.79 Å². The summed E-state index contributed by atoms with van der Waals surface area (Å²) in [5.41, 5.74) is -0.125. The lowest BCUT2D eigenvalue weighted by Gasteiger charge is -2.24. The van der Waals surface area contributed by atoms with Crippen LogP contribution in [0.25, 0.3) is 0 Å². The minimum absolute atomic E-state index is 0.125. The summed E-state index contributed by atoms with van der Waals surface area (Å²) < 4.78 is 0. The highest BCUT2D eigenvalue weighted by Gasteiger charge is 2.24. The molecule has 2 nitrogen and oxygen atoms in total. The van der Waals surface area contributed by atoms with Crippen molar-refractivity contribution in [3.05, 3.63) is 0 Å². The number of carbonyl (C=O) groups excluding carboxylic acids is 1. The first-order chi connectivity index (χ1) is 6.14. The van der Waals surface area contributed by atoms with E-state index in [1.54, 1.807) is 4.90 Å². The molecule has 1 fully saturated rings. The first kappa shape index (κ1) is 10.7. The highest BCUT2D eigenvalue weighted by Crippen LogP contribution is 2.07. The number of quaternary nitrogens is 1. The smallest absolute Gasteiger partial charge is 0.131 e. The van der Waals surface area contributed by atoms with Crippen molar-refractivity contribution in [1.82, 2.24) is 0 Å². The number of nitrogens with one attached hydrogen (secondary N) is 1. The monoisotopic (exact) mass is 184 g/mol. The van der Waals surface area contributed by atoms with Gasteiger partial charge in [0.2, 0.25) is 0 Å². The van der Waals surface area contributed by atoms with Crippen molar-refractivity contribution in [1.29, 1.82) is 0 Å². The average Bonchev–Trinajstić information content (AvgIpc) is 2.32. The lowest BCUT2D eigenvalue weighted by Crippen LogP contribution is -3.13. The van der Waals surface area contributed by atoms with Crippen molar-refractivity contribution in [3.63, 3.8) is 0 Å². The first-order valence-corrected chi connectivity index (χ1v) is 5.44. The Kier molecular flexibility index (Phi) is 3.91. The normalized spacial score (nSPS) is 21.1. The molecule has 0 aromatic heterocycles. The second kappa shape index (κ2) is 4.75. The van der Waals surface area contributed by atoms with Crippen molar-refractivity contribution in [2.75, 3.05) is 19.6 Å². The van der Waals surface area contributed by atoms with E-state index in [1.165, 1.54) is 38.8 Å². The van der Waals surface area contributed by atoms with Crippen LogP contribution in [-0.4, -0.2) is 25.9 Å². The number of hydrogen-bond acceptors (Lipinski definition) is 1. The maximum absolute atomic E-state index is 10.8. The van der Waals surface area contributed by atoms with E-state index in [2.05, 4.69) is 0 Å². The quantitative estimate of drug-likeness (QED) is 0.640. The Bertz CT molecular complexity index is 157. The summed E-state index contributed by atoms with van der Waals surface area (Å²) >= 11 is 0. The van der Waals surface area contributed by atoms with Crippen LogP contribution >= 0.6 is 0 Å². The van der Waals surface area contributed by atoms with Crippen LogP contribution in [0, 0.1) is 5.41 Å². The number of rotatable bonds is 3. The molecular formula is C11H22NO+. The summed E-state index contributed by atoms with van der Waals surface area (Å²) in [5.74, 6) is 0. The van der Waals surface area contributed by atoms with Gasteiger partial charge in [-0.2, -0.15) is 0 Å². The Balaban J connectivity index is 2.37. The maximum Gasteiger partial charge on any atom is 0.131 e. The average molecular weight is 184 g/mol. The van der Waals surface area contributed by atoms with Crippen LogP contribution < -0.4 is 4.90 Å². The molecule has 13 heavy (non-hydrogen) atoms. The third kappa shape index (κ3) is 3.90. The summed E-state index contributed by atoms with van der Waals surface area (Å²) in [6.45, 7) is 7.61. The Labute approximate surface area is 81.3 Å². The van der Waals surface area contributed by atoms with Crippen molar-refractivity contribution in [2.24, 2.45) is 5.41 Å². The molecule has 2 heteroatoms. The molecule has 0 aromatic rings. The zero-order valence-electron chi connectivity index (χ0n) is 8.94. The van der Waals surface area contributed by atoms with Gasteiger partial charge >= 0.3 is 0 Å². The molecule has 1 aliphatic rings. The van der Waals surface area contributed by atoms with Gasteiger partial charge in [0.05, 0.1) is 25.0 Å². The fourth-order valence-corrected chi connectivity index (χ4v) is 2.09. The van der Waals surface area contributed by atoms with Gasteiger partial charge in [-0.05, 0) is 39.5 Å². The Hall–Kier alpha value is -0.370. The van der Waals surface area contributed by atoms with Crippen LogP contribution in [0.5, 0.6) is 0 Å². The molecule has 1 N–H and O–H groups in total. The molecule has 0 atom stereocenters. The predicted octanol–water partition coefficient (Wildman–Crippen LogP) is 0.670. The molecule has 0 radical (unpaired) electrons. The summed E-state index contributed by atoms with van der Waals surface area (Å²) in [5, 5.41) is 0. The lowest BCUT2D eigenvalue weighted by atomic mass is 9.95. The Morgan fingerprint density at radius 3 is 2.15 bits per heavy atom. The van der Waals surface area contributed by atoms with E-state index >= 15 is 0 Å². The van der Waals surface area contributed by atoms with Gasteiger partial charge in [-0.25, -0.2) is 0 Å². The second-order valence-electron chi connectivity index (χ2n) is 4.95. The van der Waals surface area contributed by atoms with Crippen LogP contribution in [0.4, 0.5) is 0 Å². The van der Waals surface area contributed by atoms with Gasteiger partial charge < -0.3 is 9.69 Å². The van der Waals surface area contributed by atoms with E-state index in [4.69, 9.17) is 0 Å². The predicted molar refractivity (Wildman–Crippen MR) is 53.9 cm³/mol. The van der Waals surface area contributed by atoms with E-state index in [1.807, 2.05) is 13.8 Å². The van der Waals surface area contributed by atoms with Crippen molar-refractivity contribution in [3.8, 4) is 0 Å². The molecule has 0 aromatic carbocycles. The summed E-state index contributed by atoms with van der Waals surface area (Å²) in [4.78, 5) is 12.4. The molecule has 0 saturated carbocycles. The first-order valence-electron chi connectivity index (χ1n) is 5.44. The van der Waals surface area contributed by atoms with E-state index in [0.29, 0.717) is 0 Å². The molecule has 1 saturated heterocycles. The third-order valence-electron chi connectivity index (χ3n) is 2.84. The van der Waals surface area contributed by atoms with E-state index < -0.39 is 0 Å². The standard InChI is InChI=1S/C11H21NO/c1-11(2,10-13)9-12-7-5-3-4-6-8-12/h10H,3-9H2,1-2H3/p+1. The molecule has 0 bridgehead atoms. The molecule has 1 rings (SSSR count). The van der Waals surface area contributed by atoms with E-state index in [0.717, 1.165) is 12.8 Å². The fourth-order valence-electron chi connectivity index (χ4n) is 2.09. The molecule has 1 aliphatic heterocycles. The number of hydrogen-bond donors (Lipinski definition) is 1. The number of aldehydes is 1. The van der Waals surface area contributed by atoms with Gasteiger partial charge in [-0.15, -0.1) is 0 Å². The van der Waals surface area contributed by atoms with Gasteiger partial charge in [0.25, 0.3) is 0 Å². The van der Waals surface area contributed by atoms with Crippen LogP contribution in [0.2, 0.25) is 0 Å². The summed E-state index contributed by atoms with van der Waals surface area (Å²) in [6.07, 6.45) is 6.54. The van der Waals surface area contributed by atoms with Crippen molar-refractivity contribution >= 4 is 6.29 Å². The molecule has 0 aliphatic carbocycles. The van der Waals surface area contributed by atoms with E-state index in [-0.39, 0.29) is 5.41 Å². The highest BCUT2D eigenvalue weighted by atomic mass is 16.1. The topological polar surface area (TPSA) is 21.5 Å². The molecule has 0 amide bonds. The highest BCUT2D eigenvalue weighted by molar-refractivity contribution is 5.57. The molecular weight excluding hydrogens is 162 g/mol. The second-order valence-corrected chi connectivity index (χ2v) is 4.95. The van der Waals surface area contributed by atoms with Crippen LogP contribution in [0.15, 0.2) is 0 Å². The maximum atomic E-state index is 10.8. The molecule has 76 valence electrons. The fraction of sp³-hybridized carbons (Fsp3) is 0.909. The molecule has 0 spiro atoms. The number of likely N-dealkylation sites (tertiary alicyclic amines) is 1. The van der Waals surface area contributed by atoms with Crippen molar-refractivity contribution < 1.29 is 9.69 Å². The minimum atomic E-state index is -0.125. The van der Waals surface area contributed by atoms with Crippen LogP contribution in [0.3, 0.4) is 0 Å². The minimum Gasteiger partial charge on any atom is -0.334 e. The van der Waals surface area contributed by atoms with Gasteiger partial charge in [-0.1, -0.05) is 0 Å². The van der Waals surface area contributed by atoms with Gasteiger partial charge in [0, 0.05) is 0 Å². The van der Waals surface area contributed by atoms with Gasteiger partial charge in [0.15, 0.2) is 0 Å². The Morgan fingerprint density at radius 1 is 1.15 bits per heavy atom. The lowest BCUT2D eigenvalue weighted by molar-refractivity contribution is -0.904. The molecule has 0 unspecified atom stereocenters. The molecule has 1 heterocycles. The van der Waals surface area contributed by atoms with Gasteiger partial charge in [-0.3, -0.25) is 0 Å². The third-order valence-corrected chi connectivity index (χ3v) is 2.84. The zero-order valence-corrected chi connectivity index (χ0v) is 8.94. The summed E-state index contributed by atoms with van der Waals surface area (Å²) in [6, 6.07) is 0. The number of carbonyl (C=O) groups is 1. The zero-order chi connectivity index (χ0) is 9.73. The Morgan fingerprint density at radius 2 is 1.69 bits per heavy atom. The van der Waals surface area contributed by atoms with Crippen LogP contribution in [-0.2, 0) is 4.79 Å². The SMILES string of the molecule is CC(C)(C=O)C[NH+]1CCCCCC1. The van der Waals surface area contributed by atoms with Gasteiger partial charge in [0.1, 0.15) is 6.29 Å². The largest absolute Gasteiger partial charge is 0.334 e. The van der Waals surface area contributed by atoms with Crippen LogP contribution in [0.1, 0.15) is 39.5 Å². The van der Waals surface area contributed by atoms with Crippen molar-refractivity contribution in [2.45, 2.75) is 39.5 Å². The summed E-state index contributed by atoms with van der Waals surface area (Å²) in [7, 11) is 0.